The summed E-state index contributed by atoms with van der Waals surface area (Å²) in [5, 5.41) is 8.62. The maximum atomic E-state index is 12.3. The van der Waals surface area contributed by atoms with E-state index in [4.69, 9.17) is 10.8 Å². The van der Waals surface area contributed by atoms with Crippen LogP contribution < -0.4 is 5.73 Å². The van der Waals surface area contributed by atoms with E-state index in [1.807, 2.05) is 0 Å². The standard InChI is InChI=1S/C11H12F3NO2/c12-11(13,14)9-3-1-7(2-4-9)8(6-15)5-10(16)17/h1-4,8H,5-6,15H2,(H,16,17)/t8-/m1/s1. The maximum absolute atomic E-state index is 12.3. The van der Waals surface area contributed by atoms with Crippen LogP contribution in [0.15, 0.2) is 24.3 Å². The molecule has 0 aromatic heterocycles. The second-order valence-electron chi connectivity index (χ2n) is 3.65. The van der Waals surface area contributed by atoms with Crippen LogP contribution in [0.4, 0.5) is 13.2 Å². The average Bonchev–Trinajstić information content (AvgIpc) is 2.24. The van der Waals surface area contributed by atoms with E-state index in [0.717, 1.165) is 12.1 Å². The molecule has 0 saturated carbocycles. The summed E-state index contributed by atoms with van der Waals surface area (Å²) in [6.45, 7) is 0.0810. The number of benzene rings is 1. The van der Waals surface area contributed by atoms with Gasteiger partial charge in [0.2, 0.25) is 0 Å². The third-order valence-electron chi connectivity index (χ3n) is 2.41. The third kappa shape index (κ3) is 3.74. The van der Waals surface area contributed by atoms with Crippen LogP contribution in [0.3, 0.4) is 0 Å². The van der Waals surface area contributed by atoms with E-state index in [9.17, 15) is 18.0 Å². The maximum Gasteiger partial charge on any atom is 0.416 e. The van der Waals surface area contributed by atoms with Crippen molar-refractivity contribution in [2.24, 2.45) is 5.73 Å². The molecular formula is C11H12F3NO2. The molecule has 17 heavy (non-hydrogen) atoms. The molecule has 0 radical (unpaired) electrons. The van der Waals surface area contributed by atoms with E-state index >= 15 is 0 Å². The molecule has 1 aromatic carbocycles. The summed E-state index contributed by atoms with van der Waals surface area (Å²) < 4.78 is 36.9. The minimum Gasteiger partial charge on any atom is -0.481 e. The number of halogens is 3. The lowest BCUT2D eigenvalue weighted by Crippen LogP contribution is -2.16. The zero-order valence-electron chi connectivity index (χ0n) is 8.87. The van der Waals surface area contributed by atoms with Crippen molar-refractivity contribution in [2.45, 2.75) is 18.5 Å². The van der Waals surface area contributed by atoms with Crippen molar-refractivity contribution >= 4 is 5.97 Å². The lowest BCUT2D eigenvalue weighted by Gasteiger charge is -2.14. The smallest absolute Gasteiger partial charge is 0.416 e. The Labute approximate surface area is 96.0 Å². The Kier molecular flexibility index (Phi) is 4.11. The fraction of sp³-hybridized carbons (Fsp3) is 0.364. The van der Waals surface area contributed by atoms with Crippen LogP contribution in [-0.2, 0) is 11.0 Å². The molecule has 94 valence electrons. The van der Waals surface area contributed by atoms with Crippen molar-refractivity contribution in [3.8, 4) is 0 Å². The van der Waals surface area contributed by atoms with Crippen molar-refractivity contribution < 1.29 is 23.1 Å². The molecule has 0 aliphatic heterocycles. The molecule has 1 atom stereocenters. The number of carbonyl (C=O) groups is 1. The highest BCUT2D eigenvalue weighted by Crippen LogP contribution is 2.30. The van der Waals surface area contributed by atoms with Gasteiger partial charge >= 0.3 is 12.1 Å². The molecule has 0 bridgehead atoms. The minimum absolute atomic E-state index is 0.0810. The highest BCUT2D eigenvalue weighted by atomic mass is 19.4. The highest BCUT2D eigenvalue weighted by molar-refractivity contribution is 5.68. The van der Waals surface area contributed by atoms with Gasteiger partial charge in [0.05, 0.1) is 12.0 Å². The van der Waals surface area contributed by atoms with Gasteiger partial charge in [-0.3, -0.25) is 4.79 Å². The topological polar surface area (TPSA) is 63.3 Å². The van der Waals surface area contributed by atoms with Gasteiger partial charge in [-0.25, -0.2) is 0 Å². The van der Waals surface area contributed by atoms with E-state index in [2.05, 4.69) is 0 Å². The predicted molar refractivity (Wildman–Crippen MR) is 55.5 cm³/mol. The summed E-state index contributed by atoms with van der Waals surface area (Å²) in [4.78, 5) is 10.5. The van der Waals surface area contributed by atoms with Crippen LogP contribution in [0.5, 0.6) is 0 Å². The van der Waals surface area contributed by atoms with Crippen LogP contribution in [0.25, 0.3) is 0 Å². The summed E-state index contributed by atoms with van der Waals surface area (Å²) in [6.07, 6.45) is -4.58. The van der Waals surface area contributed by atoms with Crippen molar-refractivity contribution in [3.05, 3.63) is 35.4 Å². The predicted octanol–water partition coefficient (Wildman–Crippen LogP) is 2.22. The lowest BCUT2D eigenvalue weighted by molar-refractivity contribution is -0.138. The zero-order valence-corrected chi connectivity index (χ0v) is 8.87. The molecule has 0 amide bonds. The molecule has 1 aromatic rings. The molecule has 6 heteroatoms. The highest BCUT2D eigenvalue weighted by Gasteiger charge is 2.30. The quantitative estimate of drug-likeness (QED) is 0.857. The molecule has 0 aliphatic carbocycles. The lowest BCUT2D eigenvalue weighted by atomic mass is 9.95. The summed E-state index contributed by atoms with van der Waals surface area (Å²) in [7, 11) is 0. The van der Waals surface area contributed by atoms with Gasteiger partial charge in [0.1, 0.15) is 0 Å². The fourth-order valence-corrected chi connectivity index (χ4v) is 1.49. The van der Waals surface area contributed by atoms with Gasteiger partial charge in [0.25, 0.3) is 0 Å². The van der Waals surface area contributed by atoms with Crippen LogP contribution in [-0.4, -0.2) is 17.6 Å². The van der Waals surface area contributed by atoms with Crippen LogP contribution in [0, 0.1) is 0 Å². The Morgan fingerprint density at radius 1 is 1.29 bits per heavy atom. The molecular weight excluding hydrogens is 235 g/mol. The zero-order chi connectivity index (χ0) is 13.1. The first kappa shape index (κ1) is 13.5. The summed E-state index contributed by atoms with van der Waals surface area (Å²) in [6, 6.07) is 4.40. The number of nitrogens with two attached hydrogens (primary N) is 1. The Balaban J connectivity index is 2.89. The Hall–Kier alpha value is -1.56. The van der Waals surface area contributed by atoms with Gasteiger partial charge < -0.3 is 10.8 Å². The monoisotopic (exact) mass is 247 g/mol. The van der Waals surface area contributed by atoms with Crippen molar-refractivity contribution in [2.75, 3.05) is 6.54 Å². The van der Waals surface area contributed by atoms with E-state index in [1.54, 1.807) is 0 Å². The van der Waals surface area contributed by atoms with E-state index in [0.29, 0.717) is 5.56 Å². The molecule has 0 fully saturated rings. The molecule has 1 rings (SSSR count). The Morgan fingerprint density at radius 3 is 2.18 bits per heavy atom. The average molecular weight is 247 g/mol. The number of hydrogen-bond donors (Lipinski definition) is 2. The SMILES string of the molecule is NC[C@@H](CC(=O)O)c1ccc(C(F)(F)F)cc1. The fourth-order valence-electron chi connectivity index (χ4n) is 1.49. The normalized spacial score (nSPS) is 13.4. The van der Waals surface area contributed by atoms with Gasteiger partial charge in [0.15, 0.2) is 0 Å². The second kappa shape index (κ2) is 5.18. The van der Waals surface area contributed by atoms with Gasteiger partial charge in [0, 0.05) is 5.92 Å². The molecule has 0 aliphatic rings. The van der Waals surface area contributed by atoms with Gasteiger partial charge in [-0.2, -0.15) is 13.2 Å². The number of alkyl halides is 3. The first-order chi connectivity index (χ1) is 7.84. The van der Waals surface area contributed by atoms with Gasteiger partial charge in [-0.1, -0.05) is 12.1 Å². The molecule has 3 nitrogen and oxygen atoms in total. The first-order valence-corrected chi connectivity index (χ1v) is 4.93. The largest absolute Gasteiger partial charge is 0.481 e. The van der Waals surface area contributed by atoms with Crippen molar-refractivity contribution in [1.29, 1.82) is 0 Å². The molecule has 0 saturated heterocycles. The van der Waals surface area contributed by atoms with Gasteiger partial charge in [-0.05, 0) is 24.2 Å². The van der Waals surface area contributed by atoms with E-state index < -0.39 is 23.6 Å². The minimum atomic E-state index is -4.39. The summed E-state index contributed by atoms with van der Waals surface area (Å²) in [5.74, 6) is -1.49. The number of carboxylic acid groups (broad SMARTS) is 1. The van der Waals surface area contributed by atoms with Crippen LogP contribution in [0.1, 0.15) is 23.5 Å². The number of aliphatic carboxylic acids is 1. The first-order valence-electron chi connectivity index (χ1n) is 4.93. The van der Waals surface area contributed by atoms with E-state index in [-0.39, 0.29) is 13.0 Å². The second-order valence-corrected chi connectivity index (χ2v) is 3.65. The number of hydrogen-bond acceptors (Lipinski definition) is 2. The van der Waals surface area contributed by atoms with Crippen LogP contribution >= 0.6 is 0 Å². The van der Waals surface area contributed by atoms with Crippen LogP contribution in [0.2, 0.25) is 0 Å². The molecule has 0 spiro atoms. The van der Waals surface area contributed by atoms with Gasteiger partial charge in [-0.15, -0.1) is 0 Å². The summed E-state index contributed by atoms with van der Waals surface area (Å²) in [5.41, 5.74) is 5.14. The number of rotatable bonds is 4. The molecule has 0 unspecified atom stereocenters. The number of carboxylic acids is 1. The Bertz CT molecular complexity index is 387. The third-order valence-corrected chi connectivity index (χ3v) is 2.41. The van der Waals surface area contributed by atoms with E-state index in [1.165, 1.54) is 12.1 Å². The summed E-state index contributed by atoms with van der Waals surface area (Å²) >= 11 is 0. The molecule has 3 N–H and O–H groups in total. The molecule has 0 heterocycles. The van der Waals surface area contributed by atoms with Crippen molar-refractivity contribution in [3.63, 3.8) is 0 Å². The Morgan fingerprint density at radius 2 is 1.82 bits per heavy atom. The van der Waals surface area contributed by atoms with Crippen molar-refractivity contribution in [1.82, 2.24) is 0 Å².